The minimum atomic E-state index is -0.164. The molecule has 1 fully saturated rings. The Labute approximate surface area is 263 Å². The molecule has 2 aromatic rings. The summed E-state index contributed by atoms with van der Waals surface area (Å²) in [5.74, 6) is 3.71. The Morgan fingerprint density at radius 2 is 1.48 bits per heavy atom. The first-order valence-corrected chi connectivity index (χ1v) is 15.0. The number of likely N-dealkylation sites (tertiary alicyclic amines) is 1. The zero-order valence-corrected chi connectivity index (χ0v) is 27.5. The molecule has 1 unspecified atom stereocenters. The van der Waals surface area contributed by atoms with Crippen LogP contribution in [0.4, 0.5) is 0 Å². The van der Waals surface area contributed by atoms with Crippen LogP contribution < -0.4 is 28.4 Å². The molecule has 44 heavy (non-hydrogen) atoms. The fourth-order valence-electron chi connectivity index (χ4n) is 4.26. The van der Waals surface area contributed by atoms with E-state index in [9.17, 15) is 9.59 Å². The molecule has 1 saturated heterocycles. The van der Waals surface area contributed by atoms with Gasteiger partial charge in [-0.05, 0) is 63.5 Å². The van der Waals surface area contributed by atoms with Crippen molar-refractivity contribution in [3.63, 3.8) is 0 Å². The Hall–Kier alpha value is -3.92. The molecule has 1 aliphatic rings. The van der Waals surface area contributed by atoms with Crippen molar-refractivity contribution in [1.29, 1.82) is 0 Å². The largest absolute Gasteiger partial charge is 0.493 e. The van der Waals surface area contributed by atoms with Crippen LogP contribution in [0.1, 0.15) is 51.9 Å². The van der Waals surface area contributed by atoms with E-state index in [-0.39, 0.29) is 18.6 Å². The van der Waals surface area contributed by atoms with Crippen molar-refractivity contribution in [2.75, 3.05) is 62.4 Å². The van der Waals surface area contributed by atoms with Gasteiger partial charge in [0, 0.05) is 12.5 Å². The lowest BCUT2D eigenvalue weighted by atomic mass is 10.0. The summed E-state index contributed by atoms with van der Waals surface area (Å²) in [5, 5.41) is 0. The van der Waals surface area contributed by atoms with E-state index in [0.29, 0.717) is 47.5 Å². The van der Waals surface area contributed by atoms with Crippen LogP contribution in [0.15, 0.2) is 48.6 Å². The van der Waals surface area contributed by atoms with Crippen molar-refractivity contribution in [3.8, 4) is 34.5 Å². The molecular formula is C34H51NO9. The third-order valence-corrected chi connectivity index (χ3v) is 6.65. The number of esters is 1. The molecule has 0 spiro atoms. The lowest BCUT2D eigenvalue weighted by Crippen LogP contribution is -2.43. The Morgan fingerprint density at radius 3 is 2.05 bits per heavy atom. The maximum absolute atomic E-state index is 12.0. The summed E-state index contributed by atoms with van der Waals surface area (Å²) >= 11 is 0. The normalized spacial score (nSPS) is 14.2. The number of unbranched alkanes of at least 4 members (excludes halogenated alkanes) is 2. The van der Waals surface area contributed by atoms with E-state index in [1.807, 2.05) is 25.2 Å². The average molecular weight is 618 g/mol. The number of carbonyl (C=O) groups excluding carboxylic acids is 2. The SMILES string of the molecule is CCC/C=C\CCC=O.COc1ccc(OCCOC(=O)C2CCCCN2C)cc1OC.COc1cccc(OC)c1OC. The van der Waals surface area contributed by atoms with Gasteiger partial charge < -0.3 is 38.0 Å². The van der Waals surface area contributed by atoms with Crippen molar-refractivity contribution in [2.45, 2.75) is 57.9 Å². The lowest BCUT2D eigenvalue weighted by Gasteiger charge is -2.30. The Morgan fingerprint density at radius 1 is 0.818 bits per heavy atom. The van der Waals surface area contributed by atoms with Crippen LogP contribution in [-0.2, 0) is 14.3 Å². The number of benzene rings is 2. The molecule has 1 atom stereocenters. The molecule has 0 radical (unpaired) electrons. The van der Waals surface area contributed by atoms with E-state index in [0.717, 1.165) is 44.9 Å². The fourth-order valence-corrected chi connectivity index (χ4v) is 4.26. The van der Waals surface area contributed by atoms with E-state index in [1.165, 1.54) is 6.42 Å². The van der Waals surface area contributed by atoms with Crippen molar-refractivity contribution in [3.05, 3.63) is 48.6 Å². The summed E-state index contributed by atoms with van der Waals surface area (Å²) in [4.78, 5) is 23.9. The molecular weight excluding hydrogens is 566 g/mol. The second kappa shape index (κ2) is 23.5. The number of ether oxygens (including phenoxy) is 7. The first-order chi connectivity index (χ1) is 21.4. The highest BCUT2D eigenvalue weighted by atomic mass is 16.6. The highest BCUT2D eigenvalue weighted by Crippen LogP contribution is 2.36. The molecule has 0 saturated carbocycles. The van der Waals surface area contributed by atoms with Gasteiger partial charge in [0.25, 0.3) is 0 Å². The number of nitrogens with zero attached hydrogens (tertiary/aromatic N) is 1. The molecule has 0 N–H and O–H groups in total. The van der Waals surface area contributed by atoms with Crippen LogP contribution in [0.25, 0.3) is 0 Å². The molecule has 0 bridgehead atoms. The summed E-state index contributed by atoms with van der Waals surface area (Å²) in [6.45, 7) is 3.63. The summed E-state index contributed by atoms with van der Waals surface area (Å²) in [7, 11) is 9.89. The van der Waals surface area contributed by atoms with Crippen molar-refractivity contribution in [2.24, 2.45) is 0 Å². The van der Waals surface area contributed by atoms with Gasteiger partial charge in [0.15, 0.2) is 23.0 Å². The van der Waals surface area contributed by atoms with Gasteiger partial charge in [0.1, 0.15) is 31.3 Å². The first kappa shape index (κ1) is 38.1. The van der Waals surface area contributed by atoms with E-state index >= 15 is 0 Å². The number of rotatable bonds is 15. The van der Waals surface area contributed by atoms with E-state index in [1.54, 1.807) is 53.7 Å². The number of aldehydes is 1. The summed E-state index contributed by atoms with van der Waals surface area (Å²) in [6, 6.07) is 10.7. The van der Waals surface area contributed by atoms with Gasteiger partial charge in [-0.15, -0.1) is 0 Å². The maximum atomic E-state index is 12.0. The van der Waals surface area contributed by atoms with E-state index < -0.39 is 0 Å². The number of para-hydroxylation sites is 1. The molecule has 10 heteroatoms. The molecule has 0 aromatic heterocycles. The zero-order valence-electron chi connectivity index (χ0n) is 27.5. The smallest absolute Gasteiger partial charge is 0.323 e. The van der Waals surface area contributed by atoms with Crippen molar-refractivity contribution in [1.82, 2.24) is 4.90 Å². The van der Waals surface area contributed by atoms with Crippen LogP contribution in [-0.4, -0.2) is 85.6 Å². The van der Waals surface area contributed by atoms with Crippen LogP contribution >= 0.6 is 0 Å². The Balaban J connectivity index is 0.000000384. The molecule has 0 aliphatic carbocycles. The first-order valence-electron chi connectivity index (χ1n) is 15.0. The van der Waals surface area contributed by atoms with Gasteiger partial charge >= 0.3 is 5.97 Å². The zero-order chi connectivity index (χ0) is 32.6. The minimum absolute atomic E-state index is 0.121. The third kappa shape index (κ3) is 14.0. The highest BCUT2D eigenvalue weighted by Gasteiger charge is 2.27. The fraction of sp³-hybridized carbons (Fsp3) is 0.529. The Kier molecular flexibility index (Phi) is 20.4. The number of carbonyl (C=O) groups is 2. The topological polar surface area (TPSA) is 102 Å². The molecule has 0 amide bonds. The van der Waals surface area contributed by atoms with Crippen LogP contribution in [0, 0.1) is 0 Å². The third-order valence-electron chi connectivity index (χ3n) is 6.65. The summed E-state index contributed by atoms with van der Waals surface area (Å²) in [6.07, 6.45) is 12.1. The highest BCUT2D eigenvalue weighted by molar-refractivity contribution is 5.75. The van der Waals surface area contributed by atoms with Crippen LogP contribution in [0.2, 0.25) is 0 Å². The van der Waals surface area contributed by atoms with Crippen LogP contribution in [0.5, 0.6) is 34.5 Å². The predicted octanol–water partition coefficient (Wildman–Crippen LogP) is 6.14. The molecule has 246 valence electrons. The number of allylic oxidation sites excluding steroid dienone is 2. The van der Waals surface area contributed by atoms with Gasteiger partial charge in [0.05, 0.1) is 35.5 Å². The van der Waals surface area contributed by atoms with Gasteiger partial charge in [-0.3, -0.25) is 9.69 Å². The molecule has 3 rings (SSSR count). The number of methoxy groups -OCH3 is 5. The Bertz CT molecular complexity index is 1080. The molecule has 1 aliphatic heterocycles. The number of piperidine rings is 1. The molecule has 10 nitrogen and oxygen atoms in total. The van der Waals surface area contributed by atoms with Gasteiger partial charge in [0.2, 0.25) is 5.75 Å². The standard InChI is InChI=1S/C17H25NO5.C9H12O3.C8H14O/c1-18-9-5-4-6-14(18)17(19)23-11-10-22-13-7-8-15(20-2)16(12-13)21-3;1-10-7-5-4-6-8(11-2)9(7)12-3;1-2-3-4-5-6-7-8-9/h7-8,12,14H,4-6,9-11H2,1-3H3;4-6H,1-3H3;4-5,8H,2-3,6-7H2,1H3/b;;5-4-. The van der Waals surface area contributed by atoms with Gasteiger partial charge in [-0.1, -0.05) is 38.0 Å². The van der Waals surface area contributed by atoms with E-state index in [4.69, 9.17) is 33.2 Å². The maximum Gasteiger partial charge on any atom is 0.323 e. The van der Waals surface area contributed by atoms with Crippen molar-refractivity contribution < 1.29 is 42.7 Å². The summed E-state index contributed by atoms with van der Waals surface area (Å²) < 4.78 is 36.5. The quantitative estimate of drug-likeness (QED) is 0.100. The van der Waals surface area contributed by atoms with Gasteiger partial charge in [-0.25, -0.2) is 0 Å². The second-order valence-corrected chi connectivity index (χ2v) is 9.72. The van der Waals surface area contributed by atoms with Crippen molar-refractivity contribution >= 4 is 12.3 Å². The lowest BCUT2D eigenvalue weighted by molar-refractivity contribution is -0.151. The van der Waals surface area contributed by atoms with E-state index in [2.05, 4.69) is 24.0 Å². The summed E-state index contributed by atoms with van der Waals surface area (Å²) in [5.41, 5.74) is 0. The van der Waals surface area contributed by atoms with Gasteiger partial charge in [-0.2, -0.15) is 0 Å². The monoisotopic (exact) mass is 617 g/mol. The predicted molar refractivity (Wildman–Crippen MR) is 172 cm³/mol. The number of hydrogen-bond acceptors (Lipinski definition) is 10. The minimum Gasteiger partial charge on any atom is -0.493 e. The average Bonchev–Trinajstić information content (AvgIpc) is 3.06. The number of likely N-dealkylation sites (N-methyl/N-ethyl adjacent to an activating group) is 1. The molecule has 1 heterocycles. The second-order valence-electron chi connectivity index (χ2n) is 9.72. The van der Waals surface area contributed by atoms with Crippen LogP contribution in [0.3, 0.4) is 0 Å². The molecule has 2 aromatic carbocycles. The number of hydrogen-bond donors (Lipinski definition) is 0.